The molecule has 5 nitrogen and oxygen atoms in total. The summed E-state index contributed by atoms with van der Waals surface area (Å²) in [5, 5.41) is 5.73. The van der Waals surface area contributed by atoms with E-state index in [2.05, 4.69) is 15.6 Å². The molecule has 1 aromatic rings. The number of aromatic nitrogens is 1. The molecule has 0 saturated carbocycles. The van der Waals surface area contributed by atoms with Crippen molar-refractivity contribution in [1.29, 1.82) is 0 Å². The van der Waals surface area contributed by atoms with Crippen LogP contribution in [0.1, 0.15) is 19.4 Å². The van der Waals surface area contributed by atoms with E-state index in [9.17, 15) is 4.79 Å². The van der Waals surface area contributed by atoms with Crippen molar-refractivity contribution in [3.05, 3.63) is 17.8 Å². The number of aryl methyl sites for hydroxylation is 1. The van der Waals surface area contributed by atoms with E-state index < -0.39 is 5.41 Å². The molecular weight excluding hydrogens is 216 g/mol. The van der Waals surface area contributed by atoms with E-state index in [0.29, 0.717) is 18.1 Å². The molecule has 0 aliphatic carbocycles. The summed E-state index contributed by atoms with van der Waals surface area (Å²) in [5.41, 5.74) is 6.94. The maximum absolute atomic E-state index is 11.6. The lowest BCUT2D eigenvalue weighted by molar-refractivity contribution is -0.128. The third kappa shape index (κ3) is 3.34. The van der Waals surface area contributed by atoms with Crippen LogP contribution < -0.4 is 16.4 Å². The van der Waals surface area contributed by atoms with E-state index in [1.54, 1.807) is 13.2 Å². The summed E-state index contributed by atoms with van der Waals surface area (Å²) in [4.78, 5) is 15.8. The molecule has 1 amide bonds. The maximum Gasteiger partial charge on any atom is 0.227 e. The number of carbonyl (C=O) groups is 1. The van der Waals surface area contributed by atoms with Crippen LogP contribution in [0.5, 0.6) is 0 Å². The number of amides is 1. The highest BCUT2D eigenvalue weighted by molar-refractivity contribution is 5.82. The number of carbonyl (C=O) groups excluding carboxylic acids is 1. The second kappa shape index (κ2) is 5.03. The third-order valence-electron chi connectivity index (χ3n) is 2.59. The fraction of sp³-hybridized carbons (Fsp3) is 0.500. The van der Waals surface area contributed by atoms with Gasteiger partial charge in [0.25, 0.3) is 0 Å². The number of nitrogen functional groups attached to an aromatic ring is 1. The zero-order valence-corrected chi connectivity index (χ0v) is 10.8. The summed E-state index contributed by atoms with van der Waals surface area (Å²) < 4.78 is 0. The van der Waals surface area contributed by atoms with Crippen molar-refractivity contribution in [2.75, 3.05) is 24.6 Å². The van der Waals surface area contributed by atoms with Gasteiger partial charge in [-0.15, -0.1) is 0 Å². The highest BCUT2D eigenvalue weighted by atomic mass is 16.2. The molecule has 0 aromatic carbocycles. The van der Waals surface area contributed by atoms with E-state index in [-0.39, 0.29) is 5.91 Å². The predicted octanol–water partition coefficient (Wildman–Crippen LogP) is 1.16. The van der Waals surface area contributed by atoms with Crippen molar-refractivity contribution in [2.24, 2.45) is 5.41 Å². The van der Waals surface area contributed by atoms with E-state index in [1.165, 1.54) is 0 Å². The van der Waals surface area contributed by atoms with Crippen molar-refractivity contribution < 1.29 is 4.79 Å². The first-order chi connectivity index (χ1) is 7.86. The number of hydrogen-bond donors (Lipinski definition) is 3. The number of anilines is 2. The standard InChI is InChI=1S/C12H20N4O/c1-8-5-9(13)10(15-6-8)16-7-12(2,3)11(17)14-4/h5-6H,7,13H2,1-4H3,(H,14,17)(H,15,16). The minimum Gasteiger partial charge on any atom is -0.396 e. The van der Waals surface area contributed by atoms with E-state index >= 15 is 0 Å². The molecule has 0 radical (unpaired) electrons. The fourth-order valence-electron chi connectivity index (χ4n) is 1.46. The van der Waals surface area contributed by atoms with Gasteiger partial charge in [0.15, 0.2) is 0 Å². The van der Waals surface area contributed by atoms with Crippen LogP contribution >= 0.6 is 0 Å². The van der Waals surface area contributed by atoms with Gasteiger partial charge in [-0.3, -0.25) is 4.79 Å². The minimum atomic E-state index is -0.506. The van der Waals surface area contributed by atoms with Crippen LogP contribution in [0.3, 0.4) is 0 Å². The molecule has 0 fully saturated rings. The van der Waals surface area contributed by atoms with Gasteiger partial charge >= 0.3 is 0 Å². The van der Waals surface area contributed by atoms with Crippen molar-refractivity contribution in [2.45, 2.75) is 20.8 Å². The first-order valence-electron chi connectivity index (χ1n) is 5.55. The summed E-state index contributed by atoms with van der Waals surface area (Å²) in [5.74, 6) is 0.600. The molecule has 0 bridgehead atoms. The maximum atomic E-state index is 11.6. The van der Waals surface area contributed by atoms with E-state index in [0.717, 1.165) is 5.56 Å². The smallest absolute Gasteiger partial charge is 0.227 e. The minimum absolute atomic E-state index is 0.0179. The molecule has 1 heterocycles. The highest BCUT2D eigenvalue weighted by Gasteiger charge is 2.26. The van der Waals surface area contributed by atoms with Crippen molar-refractivity contribution in [1.82, 2.24) is 10.3 Å². The molecule has 0 saturated heterocycles. The first kappa shape index (κ1) is 13.3. The number of hydrogen-bond acceptors (Lipinski definition) is 4. The summed E-state index contributed by atoms with van der Waals surface area (Å²) in [6.45, 7) is 6.14. The zero-order valence-electron chi connectivity index (χ0n) is 10.8. The molecule has 17 heavy (non-hydrogen) atoms. The van der Waals surface area contributed by atoms with Gasteiger partial charge in [0.1, 0.15) is 5.82 Å². The molecule has 0 atom stereocenters. The average molecular weight is 236 g/mol. The molecule has 5 heteroatoms. The van der Waals surface area contributed by atoms with Gasteiger partial charge in [0.2, 0.25) is 5.91 Å². The molecule has 0 unspecified atom stereocenters. The van der Waals surface area contributed by atoms with Crippen LogP contribution in [0.25, 0.3) is 0 Å². The number of nitrogens with zero attached hydrogens (tertiary/aromatic N) is 1. The van der Waals surface area contributed by atoms with Crippen molar-refractivity contribution in [3.63, 3.8) is 0 Å². The number of pyridine rings is 1. The highest BCUT2D eigenvalue weighted by Crippen LogP contribution is 2.20. The average Bonchev–Trinajstić information content (AvgIpc) is 2.26. The SMILES string of the molecule is CNC(=O)C(C)(C)CNc1ncc(C)cc1N. The van der Waals surface area contributed by atoms with Crippen molar-refractivity contribution in [3.8, 4) is 0 Å². The van der Waals surface area contributed by atoms with Gasteiger partial charge in [-0.2, -0.15) is 0 Å². The largest absolute Gasteiger partial charge is 0.396 e. The quantitative estimate of drug-likeness (QED) is 0.732. The van der Waals surface area contributed by atoms with Crippen LogP contribution in [0, 0.1) is 12.3 Å². The van der Waals surface area contributed by atoms with Gasteiger partial charge in [-0.05, 0) is 32.4 Å². The Morgan fingerprint density at radius 2 is 2.18 bits per heavy atom. The fourth-order valence-corrected chi connectivity index (χ4v) is 1.46. The Kier molecular flexibility index (Phi) is 3.93. The summed E-state index contributed by atoms with van der Waals surface area (Å²) in [6.07, 6.45) is 1.74. The second-order valence-electron chi connectivity index (χ2n) is 4.77. The number of nitrogens with two attached hydrogens (primary N) is 1. The Morgan fingerprint density at radius 3 is 2.71 bits per heavy atom. The Hall–Kier alpha value is -1.78. The van der Waals surface area contributed by atoms with Gasteiger partial charge in [-0.1, -0.05) is 0 Å². The lowest BCUT2D eigenvalue weighted by atomic mass is 9.92. The van der Waals surface area contributed by atoms with Crippen LogP contribution in [-0.4, -0.2) is 24.5 Å². The molecule has 4 N–H and O–H groups in total. The van der Waals surface area contributed by atoms with Gasteiger partial charge in [0, 0.05) is 19.8 Å². The van der Waals surface area contributed by atoms with Crippen LogP contribution in [0.2, 0.25) is 0 Å². The van der Waals surface area contributed by atoms with Crippen LogP contribution in [-0.2, 0) is 4.79 Å². The lowest BCUT2D eigenvalue weighted by Gasteiger charge is -2.23. The zero-order chi connectivity index (χ0) is 13.1. The molecule has 0 aliphatic rings. The van der Waals surface area contributed by atoms with Crippen molar-refractivity contribution >= 4 is 17.4 Å². The van der Waals surface area contributed by atoms with Gasteiger partial charge in [-0.25, -0.2) is 4.98 Å². The molecule has 1 aromatic heterocycles. The topological polar surface area (TPSA) is 80.0 Å². The Labute approximate surface area is 102 Å². The van der Waals surface area contributed by atoms with Crippen LogP contribution in [0.4, 0.5) is 11.5 Å². The number of rotatable bonds is 4. The lowest BCUT2D eigenvalue weighted by Crippen LogP contribution is -2.39. The summed E-state index contributed by atoms with van der Waals surface area (Å²) >= 11 is 0. The van der Waals surface area contributed by atoms with E-state index in [1.807, 2.05) is 26.8 Å². The monoisotopic (exact) mass is 236 g/mol. The molecule has 1 rings (SSSR count). The molecule has 94 valence electrons. The second-order valence-corrected chi connectivity index (χ2v) is 4.77. The molecule has 0 aliphatic heterocycles. The summed E-state index contributed by atoms with van der Waals surface area (Å²) in [7, 11) is 1.63. The molecule has 0 spiro atoms. The Morgan fingerprint density at radius 1 is 1.53 bits per heavy atom. The number of nitrogens with one attached hydrogen (secondary N) is 2. The van der Waals surface area contributed by atoms with Gasteiger partial charge in [0.05, 0.1) is 11.1 Å². The molecular formula is C12H20N4O. The first-order valence-corrected chi connectivity index (χ1v) is 5.55. The van der Waals surface area contributed by atoms with Gasteiger partial charge < -0.3 is 16.4 Å². The van der Waals surface area contributed by atoms with E-state index in [4.69, 9.17) is 5.73 Å². The van der Waals surface area contributed by atoms with Crippen LogP contribution in [0.15, 0.2) is 12.3 Å². The Bertz CT molecular complexity index is 415. The summed E-state index contributed by atoms with van der Waals surface area (Å²) in [6, 6.07) is 1.85. The predicted molar refractivity (Wildman–Crippen MR) is 69.7 cm³/mol. The Balaban J connectivity index is 2.70. The third-order valence-corrected chi connectivity index (χ3v) is 2.59. The normalized spacial score (nSPS) is 11.1.